The zero-order valence-corrected chi connectivity index (χ0v) is 18.2. The molecule has 0 N–H and O–H groups in total. The molecule has 0 aliphatic rings. The predicted octanol–water partition coefficient (Wildman–Crippen LogP) is 7.90. The monoisotopic (exact) mass is 409 g/mol. The van der Waals surface area contributed by atoms with Crippen molar-refractivity contribution in [2.75, 3.05) is 0 Å². The van der Waals surface area contributed by atoms with Gasteiger partial charge in [-0.05, 0) is 58.1 Å². The van der Waals surface area contributed by atoms with E-state index >= 15 is 0 Å². The Morgan fingerprint density at radius 1 is 0.867 bits per heavy atom. The molecule has 0 atom stereocenters. The first kappa shape index (κ1) is 19.0. The smallest absolute Gasteiger partial charge is 0.142 e. The van der Waals surface area contributed by atoms with Crippen LogP contribution < -0.4 is 0 Å². The molecule has 148 valence electrons. The molecule has 0 unspecified atom stereocenters. The van der Waals surface area contributed by atoms with Crippen LogP contribution in [-0.4, -0.2) is 4.98 Å². The first-order valence-corrected chi connectivity index (χ1v) is 10.6. The second-order valence-corrected chi connectivity index (χ2v) is 9.17. The maximum absolute atomic E-state index is 5.85. The second-order valence-electron chi connectivity index (χ2n) is 8.69. The fourth-order valence-corrected chi connectivity index (χ4v) is 4.48. The first-order valence-electron chi connectivity index (χ1n) is 10.1. The van der Waals surface area contributed by atoms with Gasteiger partial charge in [-0.1, -0.05) is 51.1 Å². The number of hydrogen-bond acceptors (Lipinski definition) is 3. The number of hydrogen-bond donors (Lipinski definition) is 1. The van der Waals surface area contributed by atoms with Gasteiger partial charge in [0.2, 0.25) is 0 Å². The molecule has 30 heavy (non-hydrogen) atoms. The summed E-state index contributed by atoms with van der Waals surface area (Å²) in [5.41, 5.74) is 6.22. The van der Waals surface area contributed by atoms with Crippen LogP contribution in [0.3, 0.4) is 0 Å². The molecule has 0 saturated heterocycles. The molecule has 0 aliphatic heterocycles. The Labute approximate surface area is 182 Å². The summed E-state index contributed by atoms with van der Waals surface area (Å²) in [5, 5.41) is 3.57. The highest BCUT2D eigenvalue weighted by molar-refractivity contribution is 7.80. The number of furan rings is 1. The molecule has 0 saturated carbocycles. The maximum Gasteiger partial charge on any atom is 0.142 e. The standard InChI is InChI=1S/C27H23NOS/c1-27(2,3)22-16-19(15-18-7-4-5-8-20(18)22)25-21(9-6-13-28-25)24-23(30)11-10-17-12-14-29-26(17)24/h4-16,30H,1-3H3. The minimum atomic E-state index is 0.0142. The van der Waals surface area contributed by atoms with E-state index in [2.05, 4.69) is 63.2 Å². The van der Waals surface area contributed by atoms with Crippen LogP contribution in [0.1, 0.15) is 26.3 Å². The minimum absolute atomic E-state index is 0.0142. The normalized spacial score (nSPS) is 12.0. The van der Waals surface area contributed by atoms with Crippen molar-refractivity contribution in [2.24, 2.45) is 0 Å². The molecule has 0 radical (unpaired) electrons. The van der Waals surface area contributed by atoms with Crippen LogP contribution >= 0.6 is 12.6 Å². The summed E-state index contributed by atoms with van der Waals surface area (Å²) < 4.78 is 5.85. The van der Waals surface area contributed by atoms with Crippen molar-refractivity contribution in [3.05, 3.63) is 84.8 Å². The van der Waals surface area contributed by atoms with Gasteiger partial charge in [0.1, 0.15) is 5.58 Å². The van der Waals surface area contributed by atoms with E-state index in [1.807, 2.05) is 30.5 Å². The highest BCUT2D eigenvalue weighted by Gasteiger charge is 2.21. The molecule has 0 amide bonds. The summed E-state index contributed by atoms with van der Waals surface area (Å²) in [4.78, 5) is 5.69. The van der Waals surface area contributed by atoms with Gasteiger partial charge in [-0.2, -0.15) is 0 Å². The molecule has 0 spiro atoms. The Morgan fingerprint density at radius 2 is 1.70 bits per heavy atom. The molecule has 3 heteroatoms. The van der Waals surface area contributed by atoms with Crippen molar-refractivity contribution >= 4 is 34.4 Å². The van der Waals surface area contributed by atoms with Gasteiger partial charge in [0.25, 0.3) is 0 Å². The van der Waals surface area contributed by atoms with Crippen molar-refractivity contribution in [3.8, 4) is 22.4 Å². The Hall–Kier alpha value is -3.04. The highest BCUT2D eigenvalue weighted by Crippen LogP contribution is 2.41. The van der Waals surface area contributed by atoms with Crippen LogP contribution in [0, 0.1) is 0 Å². The molecule has 5 aromatic rings. The fourth-order valence-electron chi connectivity index (χ4n) is 4.19. The van der Waals surface area contributed by atoms with Gasteiger partial charge in [0, 0.05) is 33.2 Å². The molecule has 2 aromatic heterocycles. The summed E-state index contributed by atoms with van der Waals surface area (Å²) in [6.07, 6.45) is 3.58. The van der Waals surface area contributed by atoms with E-state index in [0.29, 0.717) is 0 Å². The van der Waals surface area contributed by atoms with E-state index in [4.69, 9.17) is 22.0 Å². The van der Waals surface area contributed by atoms with Crippen LogP contribution in [0.5, 0.6) is 0 Å². The topological polar surface area (TPSA) is 26.0 Å². The quantitative estimate of drug-likeness (QED) is 0.300. The van der Waals surface area contributed by atoms with Crippen molar-refractivity contribution in [1.82, 2.24) is 4.98 Å². The lowest BCUT2D eigenvalue weighted by Crippen LogP contribution is -2.12. The van der Waals surface area contributed by atoms with Crippen LogP contribution in [0.4, 0.5) is 0 Å². The SMILES string of the molecule is CC(C)(C)c1cc(-c2ncccc2-c2c(S)ccc3ccoc23)cc2ccccc12. The Morgan fingerprint density at radius 3 is 2.53 bits per heavy atom. The minimum Gasteiger partial charge on any atom is -0.464 e. The summed E-state index contributed by atoms with van der Waals surface area (Å²) in [6, 6.07) is 23.2. The van der Waals surface area contributed by atoms with Crippen molar-refractivity contribution in [2.45, 2.75) is 31.1 Å². The molecular weight excluding hydrogens is 386 g/mol. The Kier molecular flexibility index (Phi) is 4.44. The average Bonchev–Trinajstić information content (AvgIpc) is 3.21. The number of rotatable bonds is 2. The lowest BCUT2D eigenvalue weighted by molar-refractivity contribution is 0.596. The molecular formula is C27H23NOS. The van der Waals surface area contributed by atoms with Gasteiger partial charge in [0.05, 0.1) is 12.0 Å². The number of aromatic nitrogens is 1. The summed E-state index contributed by atoms with van der Waals surface area (Å²) in [6.45, 7) is 6.77. The van der Waals surface area contributed by atoms with Gasteiger partial charge in [-0.3, -0.25) is 4.98 Å². The number of fused-ring (bicyclic) bond motifs is 2. The fraction of sp³-hybridized carbons (Fsp3) is 0.148. The number of pyridine rings is 1. The van der Waals surface area contributed by atoms with Crippen molar-refractivity contribution < 1.29 is 4.42 Å². The third kappa shape index (κ3) is 3.10. The van der Waals surface area contributed by atoms with E-state index in [0.717, 1.165) is 38.2 Å². The maximum atomic E-state index is 5.85. The van der Waals surface area contributed by atoms with E-state index in [-0.39, 0.29) is 5.41 Å². The van der Waals surface area contributed by atoms with E-state index in [9.17, 15) is 0 Å². The van der Waals surface area contributed by atoms with E-state index in [1.54, 1.807) is 6.26 Å². The molecule has 0 bridgehead atoms. The molecule has 2 heterocycles. The van der Waals surface area contributed by atoms with Crippen LogP contribution in [0.2, 0.25) is 0 Å². The van der Waals surface area contributed by atoms with Gasteiger partial charge >= 0.3 is 0 Å². The third-order valence-electron chi connectivity index (χ3n) is 5.62. The number of nitrogens with zero attached hydrogens (tertiary/aromatic N) is 1. The molecule has 2 nitrogen and oxygen atoms in total. The van der Waals surface area contributed by atoms with E-state index in [1.165, 1.54) is 16.3 Å². The second kappa shape index (κ2) is 7.03. The summed E-state index contributed by atoms with van der Waals surface area (Å²) in [7, 11) is 0. The molecule has 3 aromatic carbocycles. The van der Waals surface area contributed by atoms with Crippen LogP contribution in [0.25, 0.3) is 44.1 Å². The molecule has 0 fully saturated rings. The van der Waals surface area contributed by atoms with Gasteiger partial charge < -0.3 is 4.42 Å². The largest absolute Gasteiger partial charge is 0.464 e. The molecule has 0 aliphatic carbocycles. The van der Waals surface area contributed by atoms with Crippen molar-refractivity contribution in [1.29, 1.82) is 0 Å². The first-order chi connectivity index (χ1) is 14.4. The van der Waals surface area contributed by atoms with Gasteiger partial charge in [-0.15, -0.1) is 12.6 Å². The zero-order chi connectivity index (χ0) is 20.9. The van der Waals surface area contributed by atoms with E-state index < -0.39 is 0 Å². The highest BCUT2D eigenvalue weighted by atomic mass is 32.1. The Balaban J connectivity index is 1.83. The predicted molar refractivity (Wildman–Crippen MR) is 128 cm³/mol. The molecule has 5 rings (SSSR count). The number of thiol groups is 1. The van der Waals surface area contributed by atoms with Crippen LogP contribution in [0.15, 0.2) is 88.5 Å². The zero-order valence-electron chi connectivity index (χ0n) is 17.3. The lowest BCUT2D eigenvalue weighted by atomic mass is 9.82. The average molecular weight is 410 g/mol. The van der Waals surface area contributed by atoms with Gasteiger partial charge in [0.15, 0.2) is 0 Å². The lowest BCUT2D eigenvalue weighted by Gasteiger charge is -2.23. The summed E-state index contributed by atoms with van der Waals surface area (Å²) in [5.74, 6) is 0. The Bertz CT molecular complexity index is 1390. The number of benzene rings is 3. The van der Waals surface area contributed by atoms with Gasteiger partial charge in [-0.25, -0.2) is 0 Å². The van der Waals surface area contributed by atoms with Crippen molar-refractivity contribution in [3.63, 3.8) is 0 Å². The van der Waals surface area contributed by atoms with Crippen LogP contribution in [-0.2, 0) is 5.41 Å². The summed E-state index contributed by atoms with van der Waals surface area (Å²) >= 11 is 4.76. The third-order valence-corrected chi connectivity index (χ3v) is 5.99.